The fourth-order valence-corrected chi connectivity index (χ4v) is 4.78. The molecule has 2 aliphatic rings. The number of hydrogen-bond acceptors (Lipinski definition) is 3. The number of carbonyl (C=O) groups excluding carboxylic acids is 1. The van der Waals surface area contributed by atoms with E-state index in [9.17, 15) is 13.2 Å². The average molecular weight is 364 g/mol. The van der Waals surface area contributed by atoms with Crippen molar-refractivity contribution in [2.45, 2.75) is 12.8 Å². The van der Waals surface area contributed by atoms with Crippen molar-refractivity contribution in [1.82, 2.24) is 13.5 Å². The summed E-state index contributed by atoms with van der Waals surface area (Å²) in [5.74, 6) is 0. The van der Waals surface area contributed by atoms with Crippen LogP contribution in [0.3, 0.4) is 0 Å². The van der Waals surface area contributed by atoms with Crippen LogP contribution in [0.5, 0.6) is 0 Å². The van der Waals surface area contributed by atoms with E-state index in [1.807, 2.05) is 24.3 Å². The number of hydrogen-bond donors (Lipinski definition) is 1. The number of carbonyl (C=O) groups is 1. The first kappa shape index (κ1) is 17.9. The zero-order valence-electron chi connectivity index (χ0n) is 14.2. The zero-order valence-corrected chi connectivity index (χ0v) is 15.0. The van der Waals surface area contributed by atoms with Gasteiger partial charge in [-0.3, -0.25) is 0 Å². The minimum absolute atomic E-state index is 0.204. The molecule has 0 aromatic heterocycles. The van der Waals surface area contributed by atoms with Gasteiger partial charge in [0.25, 0.3) is 10.2 Å². The van der Waals surface area contributed by atoms with Gasteiger partial charge >= 0.3 is 6.03 Å². The number of amides is 2. The summed E-state index contributed by atoms with van der Waals surface area (Å²) in [6.07, 6.45) is 3.59. The Morgan fingerprint density at radius 3 is 2.08 bits per heavy atom. The first-order valence-corrected chi connectivity index (χ1v) is 9.94. The molecule has 2 amide bonds. The summed E-state index contributed by atoms with van der Waals surface area (Å²) >= 11 is 0. The summed E-state index contributed by atoms with van der Waals surface area (Å²) in [5.41, 5.74) is 1.70. The Bertz CT molecular complexity index is 719. The Labute approximate surface area is 149 Å². The minimum Gasteiger partial charge on any atom is -0.322 e. The predicted octanol–water partition coefficient (Wildman–Crippen LogP) is 1.82. The van der Waals surface area contributed by atoms with Gasteiger partial charge in [-0.1, -0.05) is 24.8 Å². The molecular formula is C17H24N4O3S. The highest BCUT2D eigenvalue weighted by Gasteiger charge is 2.34. The van der Waals surface area contributed by atoms with Crippen LogP contribution < -0.4 is 5.32 Å². The van der Waals surface area contributed by atoms with Crippen molar-refractivity contribution < 1.29 is 13.2 Å². The van der Waals surface area contributed by atoms with E-state index in [0.717, 1.165) is 18.4 Å². The third kappa shape index (κ3) is 4.02. The molecule has 2 fully saturated rings. The van der Waals surface area contributed by atoms with Gasteiger partial charge in [-0.15, -0.1) is 0 Å². The van der Waals surface area contributed by atoms with Gasteiger partial charge in [-0.2, -0.15) is 17.0 Å². The molecule has 136 valence electrons. The van der Waals surface area contributed by atoms with Crippen molar-refractivity contribution in [2.24, 2.45) is 0 Å². The maximum Gasteiger partial charge on any atom is 0.321 e. The van der Waals surface area contributed by atoms with Crippen molar-refractivity contribution in [2.75, 3.05) is 44.6 Å². The number of anilines is 1. The standard InChI is InChI=1S/C17H24N4O3S/c1-2-15-5-7-16(8-6-15)18-17(22)19-11-13-21(14-12-19)25(23,24)20-9-3-4-10-20/h2,5-8H,1,3-4,9-14H2,(H,18,22). The topological polar surface area (TPSA) is 73.0 Å². The maximum atomic E-state index is 12.5. The highest BCUT2D eigenvalue weighted by atomic mass is 32.2. The van der Waals surface area contributed by atoms with E-state index >= 15 is 0 Å². The Morgan fingerprint density at radius 1 is 0.960 bits per heavy atom. The SMILES string of the molecule is C=Cc1ccc(NC(=O)N2CCN(S(=O)(=O)N3CCCC3)CC2)cc1. The van der Waals surface area contributed by atoms with E-state index < -0.39 is 10.2 Å². The number of nitrogens with zero attached hydrogens (tertiary/aromatic N) is 3. The van der Waals surface area contributed by atoms with Crippen molar-refractivity contribution in [3.05, 3.63) is 36.4 Å². The summed E-state index contributed by atoms with van der Waals surface area (Å²) < 4.78 is 28.1. The quantitative estimate of drug-likeness (QED) is 0.886. The Morgan fingerprint density at radius 2 is 1.52 bits per heavy atom. The molecule has 0 radical (unpaired) electrons. The number of urea groups is 1. The van der Waals surface area contributed by atoms with E-state index in [1.54, 1.807) is 15.3 Å². The largest absolute Gasteiger partial charge is 0.322 e. The van der Waals surface area contributed by atoms with Crippen LogP contribution in [0.25, 0.3) is 6.08 Å². The maximum absolute atomic E-state index is 12.5. The van der Waals surface area contributed by atoms with Gasteiger partial charge in [-0.25, -0.2) is 4.79 Å². The third-order valence-electron chi connectivity index (χ3n) is 4.64. The molecule has 0 bridgehead atoms. The molecule has 1 aromatic rings. The fraction of sp³-hybridized carbons (Fsp3) is 0.471. The van der Waals surface area contributed by atoms with E-state index in [0.29, 0.717) is 45.0 Å². The van der Waals surface area contributed by atoms with Crippen LogP contribution in [0.15, 0.2) is 30.8 Å². The Balaban J connectivity index is 1.54. The predicted molar refractivity (Wildman–Crippen MR) is 98.4 cm³/mol. The average Bonchev–Trinajstić information content (AvgIpc) is 3.18. The molecule has 2 aliphatic heterocycles. The van der Waals surface area contributed by atoms with Crippen LogP contribution in [0.4, 0.5) is 10.5 Å². The number of piperazine rings is 1. The summed E-state index contributed by atoms with van der Waals surface area (Å²) in [6.45, 7) is 6.35. The molecule has 2 heterocycles. The zero-order chi connectivity index (χ0) is 17.9. The summed E-state index contributed by atoms with van der Waals surface area (Å²) in [6, 6.07) is 7.20. The molecule has 25 heavy (non-hydrogen) atoms. The highest BCUT2D eigenvalue weighted by Crippen LogP contribution is 2.18. The van der Waals surface area contributed by atoms with Gasteiger partial charge in [0.05, 0.1) is 0 Å². The fourth-order valence-electron chi connectivity index (χ4n) is 3.11. The van der Waals surface area contributed by atoms with Gasteiger partial charge in [-0.05, 0) is 30.5 Å². The summed E-state index contributed by atoms with van der Waals surface area (Å²) in [5, 5.41) is 2.85. The van der Waals surface area contributed by atoms with Gasteiger partial charge < -0.3 is 10.2 Å². The van der Waals surface area contributed by atoms with E-state index in [1.165, 1.54) is 4.31 Å². The van der Waals surface area contributed by atoms with E-state index in [-0.39, 0.29) is 6.03 Å². The van der Waals surface area contributed by atoms with Gasteiger partial charge in [0.15, 0.2) is 0 Å². The molecule has 2 saturated heterocycles. The van der Waals surface area contributed by atoms with Crippen molar-refractivity contribution >= 4 is 28.0 Å². The van der Waals surface area contributed by atoms with E-state index in [4.69, 9.17) is 0 Å². The molecule has 7 nitrogen and oxygen atoms in total. The smallest absolute Gasteiger partial charge is 0.321 e. The molecule has 1 aromatic carbocycles. The summed E-state index contributed by atoms with van der Waals surface area (Å²) in [4.78, 5) is 14.0. The molecule has 0 atom stereocenters. The number of rotatable bonds is 4. The van der Waals surface area contributed by atoms with Crippen molar-refractivity contribution in [3.63, 3.8) is 0 Å². The Kier molecular flexibility index (Phi) is 5.41. The van der Waals surface area contributed by atoms with Crippen LogP contribution in [0.1, 0.15) is 18.4 Å². The second-order valence-electron chi connectivity index (χ2n) is 6.26. The normalized spacial score (nSPS) is 19.8. The lowest BCUT2D eigenvalue weighted by Crippen LogP contribution is -2.54. The molecule has 0 spiro atoms. The highest BCUT2D eigenvalue weighted by molar-refractivity contribution is 7.86. The van der Waals surface area contributed by atoms with Crippen LogP contribution in [0.2, 0.25) is 0 Å². The molecule has 8 heteroatoms. The lowest BCUT2D eigenvalue weighted by Gasteiger charge is -2.35. The first-order chi connectivity index (χ1) is 12.0. The molecule has 0 aliphatic carbocycles. The lowest BCUT2D eigenvalue weighted by atomic mass is 10.2. The van der Waals surface area contributed by atoms with Crippen LogP contribution in [-0.4, -0.2) is 67.2 Å². The minimum atomic E-state index is -3.38. The lowest BCUT2D eigenvalue weighted by molar-refractivity contribution is 0.181. The van der Waals surface area contributed by atoms with Gasteiger partial charge in [0, 0.05) is 45.0 Å². The number of nitrogens with one attached hydrogen (secondary N) is 1. The van der Waals surface area contributed by atoms with Crippen molar-refractivity contribution in [1.29, 1.82) is 0 Å². The number of benzene rings is 1. The van der Waals surface area contributed by atoms with Crippen LogP contribution in [0, 0.1) is 0 Å². The molecule has 1 N–H and O–H groups in total. The van der Waals surface area contributed by atoms with Gasteiger partial charge in [0.1, 0.15) is 0 Å². The molecule has 0 saturated carbocycles. The third-order valence-corrected chi connectivity index (χ3v) is 6.68. The first-order valence-electron chi connectivity index (χ1n) is 8.54. The second-order valence-corrected chi connectivity index (χ2v) is 8.18. The molecule has 0 unspecified atom stereocenters. The van der Waals surface area contributed by atoms with E-state index in [2.05, 4.69) is 11.9 Å². The van der Waals surface area contributed by atoms with Gasteiger partial charge in [0.2, 0.25) is 0 Å². The Hall–Kier alpha value is -1.90. The van der Waals surface area contributed by atoms with Crippen LogP contribution >= 0.6 is 0 Å². The molecule has 3 rings (SSSR count). The van der Waals surface area contributed by atoms with Crippen molar-refractivity contribution in [3.8, 4) is 0 Å². The van der Waals surface area contributed by atoms with Crippen LogP contribution in [-0.2, 0) is 10.2 Å². The molecular weight excluding hydrogens is 340 g/mol. The monoisotopic (exact) mass is 364 g/mol. The summed E-state index contributed by atoms with van der Waals surface area (Å²) in [7, 11) is -3.38. The second kappa shape index (κ2) is 7.55.